The van der Waals surface area contributed by atoms with Crippen molar-refractivity contribution in [3.8, 4) is 0 Å². The Morgan fingerprint density at radius 1 is 1.04 bits per heavy atom. The van der Waals surface area contributed by atoms with Gasteiger partial charge in [-0.1, -0.05) is 0 Å². The molecule has 120 valence electrons. The van der Waals surface area contributed by atoms with Gasteiger partial charge < -0.3 is 10.2 Å². The minimum Gasteiger partial charge on any atom is -0.478 e. The molecule has 0 saturated heterocycles. The van der Waals surface area contributed by atoms with Gasteiger partial charge in [0.05, 0.1) is 11.3 Å². The summed E-state index contributed by atoms with van der Waals surface area (Å²) in [6, 6.07) is 9.31. The van der Waals surface area contributed by atoms with Crippen LogP contribution < -0.4 is 0 Å². The zero-order chi connectivity index (χ0) is 17.3. The Morgan fingerprint density at radius 3 is 2.38 bits per heavy atom. The molecule has 2 N–H and O–H groups in total. The van der Waals surface area contributed by atoms with E-state index in [1.54, 1.807) is 18.3 Å². The average molecular weight is 324 g/mol. The third-order valence-electron chi connectivity index (χ3n) is 3.33. The summed E-state index contributed by atoms with van der Waals surface area (Å²) in [5, 5.41) is 26.1. The first kappa shape index (κ1) is 15.3. The number of azo groups is 1. The minimum absolute atomic E-state index is 0.0970. The second kappa shape index (κ2) is 5.92. The highest BCUT2D eigenvalue weighted by Crippen LogP contribution is 2.25. The van der Waals surface area contributed by atoms with Gasteiger partial charge >= 0.3 is 11.9 Å². The number of carbonyl (C=O) groups is 2. The summed E-state index contributed by atoms with van der Waals surface area (Å²) < 4.78 is 1.53. The summed E-state index contributed by atoms with van der Waals surface area (Å²) in [4.78, 5) is 26.2. The van der Waals surface area contributed by atoms with Crippen molar-refractivity contribution in [3.05, 3.63) is 59.4 Å². The Labute approximate surface area is 135 Å². The highest BCUT2D eigenvalue weighted by Gasteiger charge is 2.18. The van der Waals surface area contributed by atoms with Crippen LogP contribution in [0.3, 0.4) is 0 Å². The molecule has 0 unspecified atom stereocenters. The predicted molar refractivity (Wildman–Crippen MR) is 84.5 cm³/mol. The standard InChI is InChI=1S/C16H12N4O4/c1-9-6-7-20-12(8-9)17-13(16(23)24)14(20)19-18-11-4-2-10(3-5-11)15(21)22/h2-8H,1H3,(H,21,22)(H,23,24). The molecule has 0 fully saturated rings. The second-order valence-corrected chi connectivity index (χ2v) is 5.07. The summed E-state index contributed by atoms with van der Waals surface area (Å²) in [5.74, 6) is -2.14. The van der Waals surface area contributed by atoms with Crippen molar-refractivity contribution in [3.63, 3.8) is 0 Å². The predicted octanol–water partition coefficient (Wildman–Crippen LogP) is 3.45. The number of hydrogen-bond donors (Lipinski definition) is 2. The number of aryl methyl sites for hydroxylation is 1. The number of pyridine rings is 1. The Morgan fingerprint density at radius 2 is 1.75 bits per heavy atom. The molecule has 3 rings (SSSR count). The Kier molecular flexibility index (Phi) is 3.78. The van der Waals surface area contributed by atoms with E-state index in [-0.39, 0.29) is 17.1 Å². The number of nitrogens with zero attached hydrogens (tertiary/aromatic N) is 4. The highest BCUT2D eigenvalue weighted by atomic mass is 16.4. The Hall–Kier alpha value is -3.55. The first-order chi connectivity index (χ1) is 11.5. The van der Waals surface area contributed by atoms with Crippen LogP contribution in [0.2, 0.25) is 0 Å². The highest BCUT2D eigenvalue weighted by molar-refractivity contribution is 5.91. The molecule has 0 spiro atoms. The van der Waals surface area contributed by atoms with Crippen molar-refractivity contribution < 1.29 is 19.8 Å². The summed E-state index contributed by atoms with van der Waals surface area (Å²) in [5.41, 5.74) is 1.73. The number of imidazole rings is 1. The molecule has 24 heavy (non-hydrogen) atoms. The molecule has 3 aromatic rings. The number of rotatable bonds is 4. The van der Waals surface area contributed by atoms with E-state index in [0.717, 1.165) is 5.56 Å². The van der Waals surface area contributed by atoms with Crippen LogP contribution in [0, 0.1) is 6.92 Å². The van der Waals surface area contributed by atoms with Crippen LogP contribution in [0.1, 0.15) is 26.4 Å². The molecule has 0 aliphatic heterocycles. The van der Waals surface area contributed by atoms with Crippen molar-refractivity contribution in [2.24, 2.45) is 10.2 Å². The number of hydrogen-bond acceptors (Lipinski definition) is 5. The fourth-order valence-electron chi connectivity index (χ4n) is 2.15. The third-order valence-corrected chi connectivity index (χ3v) is 3.33. The summed E-state index contributed by atoms with van der Waals surface area (Å²) in [7, 11) is 0. The summed E-state index contributed by atoms with van der Waals surface area (Å²) in [6.07, 6.45) is 1.67. The molecule has 0 saturated carbocycles. The number of aromatic nitrogens is 2. The minimum atomic E-state index is -1.20. The molecule has 0 amide bonds. The molecule has 0 bridgehead atoms. The van der Waals surface area contributed by atoms with Crippen molar-refractivity contribution >= 4 is 29.1 Å². The quantitative estimate of drug-likeness (QED) is 0.713. The first-order valence-electron chi connectivity index (χ1n) is 6.93. The van der Waals surface area contributed by atoms with Crippen molar-refractivity contribution in [2.75, 3.05) is 0 Å². The molecular formula is C16H12N4O4. The van der Waals surface area contributed by atoms with Gasteiger partial charge in [0, 0.05) is 6.20 Å². The second-order valence-electron chi connectivity index (χ2n) is 5.07. The van der Waals surface area contributed by atoms with Gasteiger partial charge in [-0.3, -0.25) is 4.40 Å². The maximum Gasteiger partial charge on any atom is 0.358 e. The smallest absolute Gasteiger partial charge is 0.358 e. The molecule has 0 aliphatic rings. The third kappa shape index (κ3) is 2.84. The zero-order valence-electron chi connectivity index (χ0n) is 12.5. The monoisotopic (exact) mass is 324 g/mol. The van der Waals surface area contributed by atoms with Gasteiger partial charge in [0.1, 0.15) is 5.65 Å². The van der Waals surface area contributed by atoms with E-state index in [0.29, 0.717) is 11.3 Å². The van der Waals surface area contributed by atoms with Crippen molar-refractivity contribution in [1.82, 2.24) is 9.38 Å². The maximum atomic E-state index is 11.4. The number of fused-ring (bicyclic) bond motifs is 1. The van der Waals surface area contributed by atoms with Crippen LogP contribution in [0.4, 0.5) is 11.5 Å². The van der Waals surface area contributed by atoms with Crippen LogP contribution in [0.5, 0.6) is 0 Å². The molecule has 8 nitrogen and oxygen atoms in total. The van der Waals surface area contributed by atoms with E-state index in [9.17, 15) is 14.7 Å². The first-order valence-corrected chi connectivity index (χ1v) is 6.93. The van der Waals surface area contributed by atoms with E-state index < -0.39 is 11.9 Å². The molecule has 2 aromatic heterocycles. The van der Waals surface area contributed by atoms with Crippen LogP contribution in [0.15, 0.2) is 52.8 Å². The average Bonchev–Trinajstić information content (AvgIpc) is 2.91. The van der Waals surface area contributed by atoms with Gasteiger partial charge in [0.2, 0.25) is 0 Å². The normalized spacial score (nSPS) is 11.2. The largest absolute Gasteiger partial charge is 0.478 e. The van der Waals surface area contributed by atoms with Crippen LogP contribution in [-0.2, 0) is 0 Å². The van der Waals surface area contributed by atoms with Crippen LogP contribution in [0.25, 0.3) is 5.65 Å². The molecule has 8 heteroatoms. The van der Waals surface area contributed by atoms with Crippen molar-refractivity contribution in [2.45, 2.75) is 6.92 Å². The maximum absolute atomic E-state index is 11.4. The SMILES string of the molecule is Cc1ccn2c(N=Nc3ccc(C(=O)O)cc3)c(C(=O)O)nc2c1. The Balaban J connectivity index is 2.03. The molecule has 0 aliphatic carbocycles. The van der Waals surface area contributed by atoms with E-state index in [1.165, 1.54) is 28.7 Å². The molecule has 0 atom stereocenters. The molecule has 0 radical (unpaired) electrons. The fourth-order valence-corrected chi connectivity index (χ4v) is 2.15. The number of carboxylic acid groups (broad SMARTS) is 2. The Bertz CT molecular complexity index is 974. The van der Waals surface area contributed by atoms with Gasteiger partial charge in [-0.25, -0.2) is 14.6 Å². The van der Waals surface area contributed by atoms with Gasteiger partial charge in [-0.15, -0.1) is 10.2 Å². The summed E-state index contributed by atoms with van der Waals surface area (Å²) in [6.45, 7) is 1.88. The van der Waals surface area contributed by atoms with E-state index in [1.807, 2.05) is 6.92 Å². The van der Waals surface area contributed by atoms with Crippen LogP contribution in [-0.4, -0.2) is 31.5 Å². The summed E-state index contributed by atoms with van der Waals surface area (Å²) >= 11 is 0. The van der Waals surface area contributed by atoms with Gasteiger partial charge in [-0.05, 0) is 48.9 Å². The van der Waals surface area contributed by atoms with E-state index in [2.05, 4.69) is 15.2 Å². The number of carboxylic acids is 2. The number of benzene rings is 1. The molecule has 1 aromatic carbocycles. The lowest BCUT2D eigenvalue weighted by Crippen LogP contribution is -1.96. The zero-order valence-corrected chi connectivity index (χ0v) is 12.5. The van der Waals surface area contributed by atoms with Gasteiger partial charge in [0.15, 0.2) is 11.5 Å². The molecular weight excluding hydrogens is 312 g/mol. The fraction of sp³-hybridized carbons (Fsp3) is 0.0625. The lowest BCUT2D eigenvalue weighted by atomic mass is 10.2. The van der Waals surface area contributed by atoms with Gasteiger partial charge in [0.25, 0.3) is 0 Å². The van der Waals surface area contributed by atoms with E-state index in [4.69, 9.17) is 5.11 Å². The van der Waals surface area contributed by atoms with Crippen molar-refractivity contribution in [1.29, 1.82) is 0 Å². The van der Waals surface area contributed by atoms with Gasteiger partial charge in [-0.2, -0.15) is 0 Å². The van der Waals surface area contributed by atoms with E-state index >= 15 is 0 Å². The lowest BCUT2D eigenvalue weighted by molar-refractivity contribution is 0.0683. The van der Waals surface area contributed by atoms with Crippen LogP contribution >= 0.6 is 0 Å². The lowest BCUT2D eigenvalue weighted by Gasteiger charge is -1.98. The molecule has 2 heterocycles. The number of aromatic carboxylic acids is 2. The topological polar surface area (TPSA) is 117 Å².